The fourth-order valence-corrected chi connectivity index (χ4v) is 1.31. The van der Waals surface area contributed by atoms with E-state index in [1.807, 2.05) is 0 Å². The molecule has 0 aromatic carbocycles. The van der Waals surface area contributed by atoms with Crippen LogP contribution in [0.3, 0.4) is 0 Å². The molecule has 1 atom stereocenters. The van der Waals surface area contributed by atoms with Crippen LogP contribution in [-0.2, 0) is 14.3 Å². The summed E-state index contributed by atoms with van der Waals surface area (Å²) in [5, 5.41) is 0. The van der Waals surface area contributed by atoms with Crippen molar-refractivity contribution in [2.24, 2.45) is 5.73 Å². The van der Waals surface area contributed by atoms with Crippen LogP contribution < -0.4 is 5.73 Å². The third-order valence-electron chi connectivity index (χ3n) is 2.15. The molecule has 1 aliphatic heterocycles. The van der Waals surface area contributed by atoms with Crippen molar-refractivity contribution in [1.29, 1.82) is 0 Å². The van der Waals surface area contributed by atoms with E-state index in [1.165, 1.54) is 7.11 Å². The first kappa shape index (κ1) is 13.2. The number of halogens is 1. The first-order valence-electron chi connectivity index (χ1n) is 4.26. The quantitative estimate of drug-likeness (QED) is 0.656. The Balaban J connectivity index is 0.00000169. The maximum absolute atomic E-state index is 11.3. The maximum Gasteiger partial charge on any atom is 0.307 e. The predicted molar refractivity (Wildman–Crippen MR) is 53.1 cm³/mol. The highest BCUT2D eigenvalue weighted by molar-refractivity contribution is 5.85. The van der Waals surface area contributed by atoms with Crippen LogP contribution >= 0.6 is 12.4 Å². The highest BCUT2D eigenvalue weighted by Crippen LogP contribution is 2.09. The summed E-state index contributed by atoms with van der Waals surface area (Å²) in [4.78, 5) is 23.6. The fraction of sp³-hybridized carbons (Fsp3) is 0.750. The van der Waals surface area contributed by atoms with Crippen LogP contribution in [0.25, 0.3) is 0 Å². The van der Waals surface area contributed by atoms with E-state index in [0.717, 1.165) is 0 Å². The van der Waals surface area contributed by atoms with Gasteiger partial charge in [-0.25, -0.2) is 0 Å². The van der Waals surface area contributed by atoms with Crippen molar-refractivity contribution in [2.75, 3.05) is 20.2 Å². The summed E-state index contributed by atoms with van der Waals surface area (Å²) in [6, 6.07) is -0.377. The molecule has 2 N–H and O–H groups in total. The lowest BCUT2D eigenvalue weighted by atomic mass is 10.3. The largest absolute Gasteiger partial charge is 0.469 e. The normalized spacial score (nSPS) is 20.6. The molecular weight excluding hydrogens is 208 g/mol. The molecule has 0 aliphatic carbocycles. The molecule has 0 radical (unpaired) electrons. The van der Waals surface area contributed by atoms with Gasteiger partial charge in [-0.2, -0.15) is 0 Å². The van der Waals surface area contributed by atoms with Crippen LogP contribution in [-0.4, -0.2) is 43.0 Å². The first-order chi connectivity index (χ1) is 6.15. The van der Waals surface area contributed by atoms with Crippen LogP contribution in [0.5, 0.6) is 0 Å². The van der Waals surface area contributed by atoms with Gasteiger partial charge in [0.05, 0.1) is 19.6 Å². The van der Waals surface area contributed by atoms with E-state index in [2.05, 4.69) is 4.74 Å². The Morgan fingerprint density at radius 2 is 2.36 bits per heavy atom. The third-order valence-corrected chi connectivity index (χ3v) is 2.15. The smallest absolute Gasteiger partial charge is 0.307 e. The molecule has 6 heteroatoms. The van der Waals surface area contributed by atoms with Crippen molar-refractivity contribution in [2.45, 2.75) is 18.9 Å². The van der Waals surface area contributed by atoms with Crippen molar-refractivity contribution in [1.82, 2.24) is 4.90 Å². The summed E-state index contributed by atoms with van der Waals surface area (Å²) in [5.74, 6) is -0.364. The molecule has 0 bridgehead atoms. The lowest BCUT2D eigenvalue weighted by Gasteiger charge is -2.14. The summed E-state index contributed by atoms with van der Waals surface area (Å²) in [6.07, 6.45) is 0.926. The van der Waals surface area contributed by atoms with Crippen molar-refractivity contribution in [3.63, 3.8) is 0 Å². The molecule has 1 fully saturated rings. The lowest BCUT2D eigenvalue weighted by Crippen LogP contribution is -2.35. The molecule has 5 nitrogen and oxygen atoms in total. The Morgan fingerprint density at radius 1 is 1.71 bits per heavy atom. The SMILES string of the molecule is COC(=O)CCN1CCC(N)C1=O.Cl. The van der Waals surface area contributed by atoms with Crippen molar-refractivity contribution in [3.8, 4) is 0 Å². The number of amides is 1. The Labute approximate surface area is 89.0 Å². The molecule has 0 aromatic rings. The minimum atomic E-state index is -0.377. The molecule has 1 rings (SSSR count). The summed E-state index contributed by atoms with van der Waals surface area (Å²) in [7, 11) is 1.33. The van der Waals surface area contributed by atoms with Crippen LogP contribution in [0.15, 0.2) is 0 Å². The summed E-state index contributed by atoms with van der Waals surface area (Å²) < 4.78 is 4.46. The molecule has 14 heavy (non-hydrogen) atoms. The van der Waals surface area contributed by atoms with Gasteiger partial charge in [0.15, 0.2) is 0 Å². The summed E-state index contributed by atoms with van der Waals surface area (Å²) in [6.45, 7) is 1.07. The molecule has 1 heterocycles. The average molecular weight is 223 g/mol. The van der Waals surface area contributed by atoms with Gasteiger partial charge in [-0.05, 0) is 6.42 Å². The van der Waals surface area contributed by atoms with E-state index in [4.69, 9.17) is 5.73 Å². The topological polar surface area (TPSA) is 72.6 Å². The highest BCUT2D eigenvalue weighted by Gasteiger charge is 2.28. The number of rotatable bonds is 3. The Bertz CT molecular complexity index is 223. The summed E-state index contributed by atoms with van der Waals surface area (Å²) in [5.41, 5.74) is 5.50. The van der Waals surface area contributed by atoms with E-state index in [-0.39, 0.29) is 36.7 Å². The van der Waals surface area contributed by atoms with E-state index < -0.39 is 0 Å². The van der Waals surface area contributed by atoms with E-state index >= 15 is 0 Å². The van der Waals surface area contributed by atoms with Crippen LogP contribution in [0, 0.1) is 0 Å². The maximum atomic E-state index is 11.3. The Morgan fingerprint density at radius 3 is 2.79 bits per heavy atom. The lowest BCUT2D eigenvalue weighted by molar-refractivity contribution is -0.141. The van der Waals surface area contributed by atoms with Gasteiger partial charge in [-0.1, -0.05) is 0 Å². The monoisotopic (exact) mass is 222 g/mol. The second-order valence-electron chi connectivity index (χ2n) is 3.05. The molecule has 0 aromatic heterocycles. The van der Waals surface area contributed by atoms with Crippen molar-refractivity contribution >= 4 is 24.3 Å². The molecule has 1 saturated heterocycles. The summed E-state index contributed by atoms with van der Waals surface area (Å²) >= 11 is 0. The number of nitrogens with zero attached hydrogens (tertiary/aromatic N) is 1. The zero-order valence-electron chi connectivity index (χ0n) is 8.06. The number of hydrogen-bond donors (Lipinski definition) is 1. The zero-order chi connectivity index (χ0) is 9.84. The van der Waals surface area contributed by atoms with Crippen LogP contribution in [0.1, 0.15) is 12.8 Å². The first-order valence-corrected chi connectivity index (χ1v) is 4.26. The minimum Gasteiger partial charge on any atom is -0.469 e. The average Bonchev–Trinajstić information content (AvgIpc) is 2.44. The van der Waals surface area contributed by atoms with E-state index in [1.54, 1.807) is 4.90 Å². The molecule has 1 aliphatic rings. The van der Waals surface area contributed by atoms with Gasteiger partial charge in [0, 0.05) is 13.1 Å². The van der Waals surface area contributed by atoms with Crippen LogP contribution in [0.4, 0.5) is 0 Å². The van der Waals surface area contributed by atoms with Gasteiger partial charge in [-0.15, -0.1) is 12.4 Å². The molecule has 0 spiro atoms. The van der Waals surface area contributed by atoms with Crippen molar-refractivity contribution < 1.29 is 14.3 Å². The Kier molecular flexibility index (Phi) is 5.49. The van der Waals surface area contributed by atoms with Gasteiger partial charge in [0.25, 0.3) is 0 Å². The van der Waals surface area contributed by atoms with Gasteiger partial charge in [0.2, 0.25) is 5.91 Å². The van der Waals surface area contributed by atoms with Gasteiger partial charge in [0.1, 0.15) is 0 Å². The number of likely N-dealkylation sites (tertiary alicyclic amines) is 1. The molecule has 82 valence electrons. The highest BCUT2D eigenvalue weighted by atomic mass is 35.5. The number of esters is 1. The number of nitrogens with two attached hydrogens (primary N) is 1. The predicted octanol–water partition coefficient (Wildman–Crippen LogP) is -0.469. The molecule has 1 unspecified atom stereocenters. The standard InChI is InChI=1S/C8H14N2O3.ClH/c1-13-7(11)3-5-10-4-2-6(9)8(10)12;/h6H,2-5,9H2,1H3;1H. The third kappa shape index (κ3) is 3.16. The zero-order valence-corrected chi connectivity index (χ0v) is 8.88. The number of methoxy groups -OCH3 is 1. The van der Waals surface area contributed by atoms with Gasteiger partial charge >= 0.3 is 5.97 Å². The van der Waals surface area contributed by atoms with Gasteiger partial charge in [-0.3, -0.25) is 9.59 Å². The number of hydrogen-bond acceptors (Lipinski definition) is 4. The molecular formula is C8H15ClN2O3. The molecule has 0 saturated carbocycles. The van der Waals surface area contributed by atoms with E-state index in [9.17, 15) is 9.59 Å². The number of ether oxygens (including phenoxy) is 1. The van der Waals surface area contributed by atoms with Crippen molar-refractivity contribution in [3.05, 3.63) is 0 Å². The van der Waals surface area contributed by atoms with Crippen LogP contribution in [0.2, 0.25) is 0 Å². The minimum absolute atomic E-state index is 0. The van der Waals surface area contributed by atoms with E-state index in [0.29, 0.717) is 19.5 Å². The second kappa shape index (κ2) is 5.82. The molecule has 1 amide bonds. The number of carbonyl (C=O) groups excluding carboxylic acids is 2. The fourth-order valence-electron chi connectivity index (χ4n) is 1.31. The number of carbonyl (C=O) groups is 2. The van der Waals surface area contributed by atoms with Gasteiger partial charge < -0.3 is 15.4 Å². The second-order valence-corrected chi connectivity index (χ2v) is 3.05. The Hall–Kier alpha value is -0.810.